The number of aliphatic hydroxyl groups is 3. The van der Waals surface area contributed by atoms with Crippen LogP contribution in [0.1, 0.15) is 57.5 Å². The second-order valence-corrected chi connectivity index (χ2v) is 9.78. The largest absolute Gasteiger partial charge is 0.459 e. The Morgan fingerprint density at radius 1 is 1.11 bits per heavy atom. The first-order chi connectivity index (χ1) is 17.4. The minimum atomic E-state index is -0.832. The highest BCUT2D eigenvalue weighted by atomic mass is 16.4. The number of aliphatic hydroxyl groups excluding tert-OH is 3. The van der Waals surface area contributed by atoms with Crippen molar-refractivity contribution >= 4 is 23.6 Å². The number of amides is 2. The minimum Gasteiger partial charge on any atom is -0.459 e. The van der Waals surface area contributed by atoms with Crippen LogP contribution in [0.5, 0.6) is 0 Å². The van der Waals surface area contributed by atoms with Crippen LogP contribution in [-0.4, -0.2) is 39.8 Å². The SMILES string of the molecule is CCC/C(=C\c1ccc(CO)o1)CC[C@@H](O)C1=C(C)C[C@H]2C(=O)N(c3ccccc3)C(=O)[C@H]2[C@H]1CO. The van der Waals surface area contributed by atoms with Crippen molar-refractivity contribution in [3.63, 3.8) is 0 Å². The molecule has 2 heterocycles. The Bertz CT molecular complexity index is 1150. The van der Waals surface area contributed by atoms with Gasteiger partial charge in [-0.3, -0.25) is 14.5 Å². The summed E-state index contributed by atoms with van der Waals surface area (Å²) >= 11 is 0. The first kappa shape index (κ1) is 26.1. The number of benzene rings is 1. The Labute approximate surface area is 211 Å². The number of carbonyl (C=O) groups excluding carboxylic acids is 2. The van der Waals surface area contributed by atoms with Crippen molar-refractivity contribution < 1.29 is 29.3 Å². The molecule has 7 nitrogen and oxygen atoms in total. The van der Waals surface area contributed by atoms with Gasteiger partial charge in [0.25, 0.3) is 0 Å². The highest BCUT2D eigenvalue weighted by Gasteiger charge is 2.54. The number of rotatable bonds is 10. The van der Waals surface area contributed by atoms with Crippen molar-refractivity contribution in [1.29, 1.82) is 0 Å². The predicted octanol–water partition coefficient (Wildman–Crippen LogP) is 4.23. The van der Waals surface area contributed by atoms with Gasteiger partial charge in [0.1, 0.15) is 18.1 Å². The summed E-state index contributed by atoms with van der Waals surface area (Å²) in [6, 6.07) is 12.4. The highest BCUT2D eigenvalue weighted by molar-refractivity contribution is 6.22. The van der Waals surface area contributed by atoms with Gasteiger partial charge in [0.2, 0.25) is 11.8 Å². The standard InChI is InChI=1S/C29H35NO6/c1-3-7-19(15-21-11-12-22(16-31)36-21)10-13-25(33)26-18(2)14-23-27(24(26)17-32)29(35)30(28(23)34)20-8-5-4-6-9-20/h4-6,8-9,11-12,15,23-25,27,31-33H,3,7,10,13-14,16-17H2,1-2H3/b19-15+/t23-,24+,25-,27-/m1/s1. The maximum atomic E-state index is 13.4. The fourth-order valence-corrected chi connectivity index (χ4v) is 5.77. The number of imide groups is 1. The van der Waals surface area contributed by atoms with E-state index in [4.69, 9.17) is 4.42 Å². The second-order valence-electron chi connectivity index (χ2n) is 9.78. The van der Waals surface area contributed by atoms with Gasteiger partial charge in [-0.25, -0.2) is 0 Å². The zero-order chi connectivity index (χ0) is 25.8. The number of nitrogens with zero attached hydrogens (tertiary/aromatic N) is 1. The highest BCUT2D eigenvalue weighted by Crippen LogP contribution is 2.47. The van der Waals surface area contributed by atoms with E-state index in [-0.39, 0.29) is 25.0 Å². The second kappa shape index (κ2) is 11.4. The van der Waals surface area contributed by atoms with Crippen LogP contribution in [0.4, 0.5) is 5.69 Å². The summed E-state index contributed by atoms with van der Waals surface area (Å²) in [6.45, 7) is 3.52. The Balaban J connectivity index is 1.53. The van der Waals surface area contributed by atoms with E-state index in [1.54, 1.807) is 30.3 Å². The molecule has 1 aliphatic heterocycles. The molecule has 1 aromatic carbocycles. The molecule has 0 saturated carbocycles. The number of anilines is 1. The fraction of sp³-hybridized carbons (Fsp3) is 0.448. The van der Waals surface area contributed by atoms with Gasteiger partial charge in [0.15, 0.2) is 0 Å². The van der Waals surface area contributed by atoms with Gasteiger partial charge < -0.3 is 19.7 Å². The van der Waals surface area contributed by atoms with Crippen LogP contribution >= 0.6 is 0 Å². The lowest BCUT2D eigenvalue weighted by molar-refractivity contribution is -0.123. The lowest BCUT2D eigenvalue weighted by Gasteiger charge is -2.35. The van der Waals surface area contributed by atoms with E-state index < -0.39 is 23.9 Å². The molecule has 3 N–H and O–H groups in total. The number of hydrogen-bond acceptors (Lipinski definition) is 6. The van der Waals surface area contributed by atoms with E-state index in [0.29, 0.717) is 42.0 Å². The summed E-state index contributed by atoms with van der Waals surface area (Å²) in [4.78, 5) is 27.9. The third-order valence-electron chi connectivity index (χ3n) is 7.39. The molecule has 192 valence electrons. The van der Waals surface area contributed by atoms with E-state index in [2.05, 4.69) is 6.92 Å². The average Bonchev–Trinajstić information content (AvgIpc) is 3.43. The molecule has 36 heavy (non-hydrogen) atoms. The minimum absolute atomic E-state index is 0.156. The molecule has 2 aromatic rings. The summed E-state index contributed by atoms with van der Waals surface area (Å²) in [5.41, 5.74) is 3.21. The van der Waals surface area contributed by atoms with Crippen molar-refractivity contribution in [3.8, 4) is 0 Å². The number of para-hydroxylation sites is 1. The number of fused-ring (bicyclic) bond motifs is 1. The van der Waals surface area contributed by atoms with Crippen LogP contribution in [0.25, 0.3) is 6.08 Å². The number of carbonyl (C=O) groups is 2. The molecule has 4 rings (SSSR count). The summed E-state index contributed by atoms with van der Waals surface area (Å²) in [5, 5.41) is 30.9. The van der Waals surface area contributed by atoms with E-state index in [1.807, 2.05) is 25.1 Å². The third kappa shape index (κ3) is 5.09. The van der Waals surface area contributed by atoms with E-state index in [1.165, 1.54) is 4.90 Å². The molecule has 1 aliphatic carbocycles. The molecule has 7 heteroatoms. The summed E-state index contributed by atoms with van der Waals surface area (Å²) in [7, 11) is 0. The van der Waals surface area contributed by atoms with Crippen LogP contribution in [0, 0.1) is 17.8 Å². The molecule has 2 amide bonds. The zero-order valence-electron chi connectivity index (χ0n) is 20.9. The molecule has 1 fully saturated rings. The smallest absolute Gasteiger partial charge is 0.238 e. The summed E-state index contributed by atoms with van der Waals surface area (Å²) < 4.78 is 5.59. The van der Waals surface area contributed by atoms with Gasteiger partial charge in [-0.05, 0) is 68.5 Å². The molecule has 1 saturated heterocycles. The van der Waals surface area contributed by atoms with Crippen LogP contribution in [-0.2, 0) is 16.2 Å². The van der Waals surface area contributed by atoms with Crippen molar-refractivity contribution in [2.24, 2.45) is 17.8 Å². The normalized spacial score (nSPS) is 23.4. The van der Waals surface area contributed by atoms with Crippen LogP contribution < -0.4 is 4.90 Å². The van der Waals surface area contributed by atoms with Crippen LogP contribution in [0.15, 0.2) is 63.6 Å². The molecule has 1 aromatic heterocycles. The topological polar surface area (TPSA) is 111 Å². The average molecular weight is 494 g/mol. The lowest BCUT2D eigenvalue weighted by Crippen LogP contribution is -2.38. The molecule has 2 aliphatic rings. The van der Waals surface area contributed by atoms with Gasteiger partial charge in [-0.1, -0.05) is 42.7 Å². The predicted molar refractivity (Wildman–Crippen MR) is 137 cm³/mol. The molecule has 0 spiro atoms. The van der Waals surface area contributed by atoms with Gasteiger partial charge in [0, 0.05) is 5.92 Å². The van der Waals surface area contributed by atoms with E-state index in [9.17, 15) is 24.9 Å². The molecule has 4 atom stereocenters. The Morgan fingerprint density at radius 3 is 2.50 bits per heavy atom. The zero-order valence-corrected chi connectivity index (χ0v) is 20.9. The lowest BCUT2D eigenvalue weighted by atomic mass is 9.68. The molecule has 0 radical (unpaired) electrons. The molecular weight excluding hydrogens is 458 g/mol. The van der Waals surface area contributed by atoms with Gasteiger partial charge in [-0.15, -0.1) is 0 Å². The Morgan fingerprint density at radius 2 is 1.86 bits per heavy atom. The van der Waals surface area contributed by atoms with Gasteiger partial charge in [0.05, 0.1) is 30.2 Å². The third-order valence-corrected chi connectivity index (χ3v) is 7.39. The Hall–Kier alpha value is -3.00. The van der Waals surface area contributed by atoms with Crippen molar-refractivity contribution in [2.45, 2.75) is 58.7 Å². The summed E-state index contributed by atoms with van der Waals surface area (Å²) in [5.74, 6) is -1.19. The van der Waals surface area contributed by atoms with Gasteiger partial charge >= 0.3 is 0 Å². The van der Waals surface area contributed by atoms with Gasteiger partial charge in [-0.2, -0.15) is 0 Å². The fourth-order valence-electron chi connectivity index (χ4n) is 5.77. The maximum Gasteiger partial charge on any atom is 0.238 e. The van der Waals surface area contributed by atoms with Crippen LogP contribution in [0.2, 0.25) is 0 Å². The maximum absolute atomic E-state index is 13.4. The number of hydrogen-bond donors (Lipinski definition) is 3. The van der Waals surface area contributed by atoms with Crippen molar-refractivity contribution in [2.75, 3.05) is 11.5 Å². The number of allylic oxidation sites excluding steroid dienone is 2. The molecule has 0 bridgehead atoms. The van der Waals surface area contributed by atoms with Crippen molar-refractivity contribution in [1.82, 2.24) is 0 Å². The molecule has 0 unspecified atom stereocenters. The number of furan rings is 1. The Kier molecular flexibility index (Phi) is 8.24. The first-order valence-electron chi connectivity index (χ1n) is 12.7. The van der Waals surface area contributed by atoms with Crippen molar-refractivity contribution in [3.05, 3.63) is 70.7 Å². The quantitative estimate of drug-likeness (QED) is 0.337. The first-order valence-corrected chi connectivity index (χ1v) is 12.7. The monoisotopic (exact) mass is 493 g/mol. The summed E-state index contributed by atoms with van der Waals surface area (Å²) in [6.07, 6.45) is 4.35. The van der Waals surface area contributed by atoms with Crippen LogP contribution in [0.3, 0.4) is 0 Å². The van der Waals surface area contributed by atoms with E-state index in [0.717, 1.165) is 24.0 Å². The molecular formula is C29H35NO6. The van der Waals surface area contributed by atoms with E-state index >= 15 is 0 Å².